The van der Waals surface area contributed by atoms with Crippen molar-refractivity contribution in [3.63, 3.8) is 0 Å². The summed E-state index contributed by atoms with van der Waals surface area (Å²) in [7, 11) is 2.23. The number of nitrogens with zero attached hydrogens (tertiary/aromatic N) is 2. The third kappa shape index (κ3) is 2.87. The second-order valence-electron chi connectivity index (χ2n) is 4.68. The molecule has 0 aliphatic carbocycles. The average Bonchev–Trinajstić information content (AvgIpc) is 2.69. The first kappa shape index (κ1) is 11.7. The van der Waals surface area contributed by atoms with E-state index in [1.165, 1.54) is 37.4 Å². The van der Waals surface area contributed by atoms with Crippen LogP contribution in [-0.2, 0) is 0 Å². The zero-order valence-corrected chi connectivity index (χ0v) is 10.4. The molecular weight excluding hydrogens is 208 g/mol. The lowest BCUT2D eigenvalue weighted by atomic mass is 10.2. The minimum atomic E-state index is 0.337. The van der Waals surface area contributed by atoms with Crippen LogP contribution in [0.1, 0.15) is 12.8 Å². The van der Waals surface area contributed by atoms with Crippen LogP contribution in [0.4, 0.5) is 0 Å². The van der Waals surface area contributed by atoms with Crippen molar-refractivity contribution < 1.29 is 5.11 Å². The van der Waals surface area contributed by atoms with Gasteiger partial charge in [0.05, 0.1) is 6.61 Å². The Morgan fingerprint density at radius 2 is 2.20 bits per heavy atom. The van der Waals surface area contributed by atoms with Gasteiger partial charge >= 0.3 is 0 Å². The molecule has 0 radical (unpaired) electrons. The molecule has 0 saturated carbocycles. The second-order valence-corrected chi connectivity index (χ2v) is 5.83. The zero-order valence-electron chi connectivity index (χ0n) is 9.56. The molecule has 0 aromatic rings. The molecule has 1 N–H and O–H groups in total. The summed E-state index contributed by atoms with van der Waals surface area (Å²) in [5.74, 6) is 2.53. The number of likely N-dealkylation sites (tertiary alicyclic amines) is 1. The molecule has 2 unspecified atom stereocenters. The van der Waals surface area contributed by atoms with Gasteiger partial charge in [0.1, 0.15) is 0 Å². The summed E-state index contributed by atoms with van der Waals surface area (Å²) in [6.45, 7) is 3.88. The predicted octanol–water partition coefficient (Wildman–Crippen LogP) is 0.490. The number of hydrogen-bond acceptors (Lipinski definition) is 4. The van der Waals surface area contributed by atoms with Gasteiger partial charge in [0.2, 0.25) is 0 Å². The fraction of sp³-hybridized carbons (Fsp3) is 1.00. The van der Waals surface area contributed by atoms with Crippen molar-refractivity contribution in [3.05, 3.63) is 0 Å². The molecule has 3 nitrogen and oxygen atoms in total. The normalized spacial score (nSPS) is 34.8. The maximum absolute atomic E-state index is 9.27. The first-order valence-corrected chi connectivity index (χ1v) is 7.09. The van der Waals surface area contributed by atoms with Crippen LogP contribution in [0, 0.1) is 0 Å². The van der Waals surface area contributed by atoms with Gasteiger partial charge in [-0.3, -0.25) is 4.90 Å². The van der Waals surface area contributed by atoms with Crippen molar-refractivity contribution in [3.8, 4) is 0 Å². The molecule has 0 amide bonds. The number of rotatable bonds is 3. The second kappa shape index (κ2) is 5.53. The molecule has 2 atom stereocenters. The van der Waals surface area contributed by atoms with E-state index in [1.54, 1.807) is 0 Å². The lowest BCUT2D eigenvalue weighted by molar-refractivity contribution is 0.124. The van der Waals surface area contributed by atoms with Crippen molar-refractivity contribution in [1.82, 2.24) is 9.80 Å². The summed E-state index contributed by atoms with van der Waals surface area (Å²) in [5.41, 5.74) is 0. The Kier molecular flexibility index (Phi) is 4.31. The van der Waals surface area contributed by atoms with Crippen LogP contribution in [0.3, 0.4) is 0 Å². The van der Waals surface area contributed by atoms with E-state index in [9.17, 15) is 5.11 Å². The highest BCUT2D eigenvalue weighted by Gasteiger charge is 2.28. The molecule has 4 heteroatoms. The van der Waals surface area contributed by atoms with Gasteiger partial charge in [-0.1, -0.05) is 0 Å². The summed E-state index contributed by atoms with van der Waals surface area (Å²) >= 11 is 2.07. The highest BCUT2D eigenvalue weighted by molar-refractivity contribution is 7.99. The Hall–Kier alpha value is 0.230. The standard InChI is InChI=1S/C11H22N2OS/c1-12-5-6-15-9-11(12)7-13-4-2-3-10(13)8-14/h10-11,14H,2-9H2,1H3. The monoisotopic (exact) mass is 230 g/mol. The van der Waals surface area contributed by atoms with Crippen molar-refractivity contribution in [1.29, 1.82) is 0 Å². The van der Waals surface area contributed by atoms with E-state index in [2.05, 4.69) is 28.6 Å². The molecule has 0 aromatic carbocycles. The third-order valence-corrected chi connectivity index (χ3v) is 4.77. The van der Waals surface area contributed by atoms with E-state index in [0.717, 1.165) is 6.54 Å². The van der Waals surface area contributed by atoms with Crippen LogP contribution in [0.15, 0.2) is 0 Å². The average molecular weight is 230 g/mol. The summed E-state index contributed by atoms with van der Waals surface area (Å²) in [6.07, 6.45) is 2.44. The van der Waals surface area contributed by atoms with Crippen LogP contribution in [-0.4, -0.2) is 71.8 Å². The number of aliphatic hydroxyl groups is 1. The molecule has 2 aliphatic heterocycles. The maximum atomic E-state index is 9.27. The lowest BCUT2D eigenvalue weighted by Crippen LogP contribution is -2.48. The Labute approximate surface area is 96.8 Å². The van der Waals surface area contributed by atoms with Gasteiger partial charge in [-0.05, 0) is 26.4 Å². The van der Waals surface area contributed by atoms with Crippen molar-refractivity contribution >= 4 is 11.8 Å². The van der Waals surface area contributed by atoms with E-state index < -0.39 is 0 Å². The first-order chi connectivity index (χ1) is 7.31. The molecule has 0 bridgehead atoms. The number of hydrogen-bond donors (Lipinski definition) is 1. The number of aliphatic hydroxyl groups excluding tert-OH is 1. The van der Waals surface area contributed by atoms with Gasteiger partial charge < -0.3 is 10.0 Å². The lowest BCUT2D eigenvalue weighted by Gasteiger charge is -2.36. The predicted molar refractivity (Wildman–Crippen MR) is 65.4 cm³/mol. The van der Waals surface area contributed by atoms with Crippen LogP contribution >= 0.6 is 11.8 Å². The molecular formula is C11H22N2OS. The van der Waals surface area contributed by atoms with Crippen LogP contribution in [0.2, 0.25) is 0 Å². The fourth-order valence-electron chi connectivity index (χ4n) is 2.54. The van der Waals surface area contributed by atoms with Crippen molar-refractivity contribution in [2.24, 2.45) is 0 Å². The third-order valence-electron chi connectivity index (χ3n) is 3.68. The Morgan fingerprint density at radius 1 is 1.33 bits per heavy atom. The van der Waals surface area contributed by atoms with Crippen LogP contribution in [0.5, 0.6) is 0 Å². The molecule has 2 saturated heterocycles. The van der Waals surface area contributed by atoms with Gasteiger partial charge in [-0.15, -0.1) is 0 Å². The van der Waals surface area contributed by atoms with E-state index in [1.807, 2.05) is 0 Å². The fourth-order valence-corrected chi connectivity index (χ4v) is 3.76. The Balaban J connectivity index is 1.84. The van der Waals surface area contributed by atoms with E-state index >= 15 is 0 Å². The zero-order chi connectivity index (χ0) is 10.7. The quantitative estimate of drug-likeness (QED) is 0.763. The topological polar surface area (TPSA) is 26.7 Å². The van der Waals surface area contributed by atoms with Crippen molar-refractivity contribution in [2.45, 2.75) is 24.9 Å². The molecule has 0 aromatic heterocycles. The SMILES string of the molecule is CN1CCSCC1CN1CCCC1CO. The highest BCUT2D eigenvalue weighted by atomic mass is 32.2. The maximum Gasteiger partial charge on any atom is 0.0586 e. The van der Waals surface area contributed by atoms with Gasteiger partial charge in [0, 0.05) is 36.7 Å². The summed E-state index contributed by atoms with van der Waals surface area (Å²) in [5, 5.41) is 9.27. The largest absolute Gasteiger partial charge is 0.395 e. The highest BCUT2D eigenvalue weighted by Crippen LogP contribution is 2.21. The van der Waals surface area contributed by atoms with E-state index in [-0.39, 0.29) is 0 Å². The minimum Gasteiger partial charge on any atom is -0.395 e. The molecule has 0 spiro atoms. The van der Waals surface area contributed by atoms with Crippen molar-refractivity contribution in [2.75, 3.05) is 44.8 Å². The molecule has 2 fully saturated rings. The number of thioether (sulfide) groups is 1. The molecule has 15 heavy (non-hydrogen) atoms. The number of likely N-dealkylation sites (N-methyl/N-ethyl adjacent to an activating group) is 1. The smallest absolute Gasteiger partial charge is 0.0586 e. The van der Waals surface area contributed by atoms with Gasteiger partial charge in [0.15, 0.2) is 0 Å². The summed E-state index contributed by atoms with van der Waals surface area (Å²) in [4.78, 5) is 4.95. The van der Waals surface area contributed by atoms with Crippen LogP contribution in [0.25, 0.3) is 0 Å². The van der Waals surface area contributed by atoms with E-state index in [0.29, 0.717) is 18.7 Å². The van der Waals surface area contributed by atoms with Crippen LogP contribution < -0.4 is 0 Å². The minimum absolute atomic E-state index is 0.337. The van der Waals surface area contributed by atoms with E-state index in [4.69, 9.17) is 0 Å². The summed E-state index contributed by atoms with van der Waals surface area (Å²) in [6, 6.07) is 1.13. The van der Waals surface area contributed by atoms with Gasteiger partial charge in [-0.2, -0.15) is 11.8 Å². The van der Waals surface area contributed by atoms with Gasteiger partial charge in [-0.25, -0.2) is 0 Å². The first-order valence-electron chi connectivity index (χ1n) is 5.94. The molecule has 88 valence electrons. The Morgan fingerprint density at radius 3 is 2.93 bits per heavy atom. The van der Waals surface area contributed by atoms with Gasteiger partial charge in [0.25, 0.3) is 0 Å². The molecule has 2 rings (SSSR count). The molecule has 2 heterocycles. The Bertz CT molecular complexity index is 203. The molecule has 2 aliphatic rings. The summed E-state index contributed by atoms with van der Waals surface area (Å²) < 4.78 is 0.